The maximum absolute atomic E-state index is 12.5. The molecule has 2 aliphatic heterocycles. The summed E-state index contributed by atoms with van der Waals surface area (Å²) >= 11 is 0. The third-order valence-corrected chi connectivity index (χ3v) is 5.82. The number of aliphatic hydroxyl groups excluding tert-OH is 2. The molecule has 21 heavy (non-hydrogen) atoms. The zero-order chi connectivity index (χ0) is 15.4. The van der Waals surface area contributed by atoms with Crippen molar-refractivity contribution in [1.82, 2.24) is 4.31 Å². The van der Waals surface area contributed by atoms with E-state index in [-0.39, 0.29) is 30.3 Å². The van der Waals surface area contributed by atoms with Crippen molar-refractivity contribution in [3.05, 3.63) is 23.8 Å². The number of benzene rings is 1. The van der Waals surface area contributed by atoms with E-state index in [2.05, 4.69) is 0 Å². The summed E-state index contributed by atoms with van der Waals surface area (Å²) in [5.74, 6) is -0.0773. The fourth-order valence-electron chi connectivity index (χ4n) is 2.69. The van der Waals surface area contributed by atoms with Crippen LogP contribution in [-0.4, -0.2) is 61.2 Å². The second-order valence-corrected chi connectivity index (χ2v) is 7.31. The van der Waals surface area contributed by atoms with Gasteiger partial charge in [0.05, 0.1) is 23.5 Å². The highest BCUT2D eigenvalue weighted by Crippen LogP contribution is 2.31. The van der Waals surface area contributed by atoms with E-state index in [9.17, 15) is 23.4 Å². The van der Waals surface area contributed by atoms with Crippen LogP contribution in [0.2, 0.25) is 0 Å². The summed E-state index contributed by atoms with van der Waals surface area (Å²) in [4.78, 5) is 13.2. The fraction of sp³-hybridized carbons (Fsp3) is 0.462. The van der Waals surface area contributed by atoms with Gasteiger partial charge in [-0.05, 0) is 23.8 Å². The van der Waals surface area contributed by atoms with Crippen molar-refractivity contribution in [2.24, 2.45) is 0 Å². The molecule has 2 atom stereocenters. The third-order valence-electron chi connectivity index (χ3n) is 3.99. The quantitative estimate of drug-likeness (QED) is 0.725. The number of β-amino-alcohol motifs (C(OH)–C–C–N with tert-alkyl or cyclic N) is 2. The molecule has 1 fully saturated rings. The highest BCUT2D eigenvalue weighted by Gasteiger charge is 2.38. The van der Waals surface area contributed by atoms with Gasteiger partial charge in [-0.1, -0.05) is 0 Å². The second kappa shape index (κ2) is 4.77. The summed E-state index contributed by atoms with van der Waals surface area (Å²) in [6.45, 7) is -0.251. The first-order chi connectivity index (χ1) is 9.80. The largest absolute Gasteiger partial charge is 0.389 e. The van der Waals surface area contributed by atoms with Crippen molar-refractivity contribution in [2.75, 3.05) is 25.0 Å². The maximum atomic E-state index is 12.5. The molecule has 2 N–H and O–H groups in total. The van der Waals surface area contributed by atoms with Crippen molar-refractivity contribution in [2.45, 2.75) is 23.5 Å². The van der Waals surface area contributed by atoms with Crippen LogP contribution in [0.4, 0.5) is 5.69 Å². The van der Waals surface area contributed by atoms with Crippen LogP contribution in [-0.2, 0) is 21.2 Å². The van der Waals surface area contributed by atoms with Gasteiger partial charge in [0.15, 0.2) is 0 Å². The summed E-state index contributed by atoms with van der Waals surface area (Å²) in [6, 6.07) is 4.54. The molecule has 0 bridgehead atoms. The van der Waals surface area contributed by atoms with Crippen LogP contribution in [0.5, 0.6) is 0 Å². The van der Waals surface area contributed by atoms with E-state index in [4.69, 9.17) is 0 Å². The summed E-state index contributed by atoms with van der Waals surface area (Å²) < 4.78 is 26.0. The lowest BCUT2D eigenvalue weighted by Crippen LogP contribution is -2.30. The minimum Gasteiger partial charge on any atom is -0.389 e. The lowest BCUT2D eigenvalue weighted by molar-refractivity contribution is -0.117. The van der Waals surface area contributed by atoms with Crippen molar-refractivity contribution >= 4 is 21.6 Å². The van der Waals surface area contributed by atoms with Crippen LogP contribution in [0.3, 0.4) is 0 Å². The second-order valence-electron chi connectivity index (χ2n) is 5.38. The van der Waals surface area contributed by atoms with E-state index >= 15 is 0 Å². The molecule has 0 radical (unpaired) electrons. The van der Waals surface area contributed by atoms with Crippen molar-refractivity contribution in [3.8, 4) is 0 Å². The number of aliphatic hydroxyl groups is 2. The summed E-state index contributed by atoms with van der Waals surface area (Å²) in [5, 5.41) is 19.0. The Morgan fingerprint density at radius 1 is 1.19 bits per heavy atom. The molecule has 2 heterocycles. The van der Waals surface area contributed by atoms with Gasteiger partial charge < -0.3 is 15.1 Å². The van der Waals surface area contributed by atoms with E-state index in [1.807, 2.05) is 0 Å². The minimum absolute atomic E-state index is 0.0747. The van der Waals surface area contributed by atoms with Gasteiger partial charge in [-0.2, -0.15) is 4.31 Å². The van der Waals surface area contributed by atoms with Crippen molar-refractivity contribution < 1.29 is 23.4 Å². The Morgan fingerprint density at radius 2 is 1.81 bits per heavy atom. The summed E-state index contributed by atoms with van der Waals surface area (Å²) in [5.41, 5.74) is 1.38. The van der Waals surface area contributed by atoms with Gasteiger partial charge in [-0.3, -0.25) is 4.79 Å². The van der Waals surface area contributed by atoms with Gasteiger partial charge in [0.25, 0.3) is 0 Å². The number of carbonyl (C=O) groups excluding carboxylic acids is 1. The number of fused-ring (bicyclic) bond motifs is 1. The lowest BCUT2D eigenvalue weighted by Gasteiger charge is -2.16. The third kappa shape index (κ3) is 2.24. The van der Waals surface area contributed by atoms with E-state index in [1.54, 1.807) is 13.1 Å². The molecule has 2 unspecified atom stereocenters. The smallest absolute Gasteiger partial charge is 0.243 e. The molecule has 1 amide bonds. The molecule has 0 spiro atoms. The monoisotopic (exact) mass is 312 g/mol. The predicted octanol–water partition coefficient (Wildman–Crippen LogP) is -1.07. The molecule has 114 valence electrons. The zero-order valence-electron chi connectivity index (χ0n) is 11.4. The number of sulfonamides is 1. The first-order valence-corrected chi connectivity index (χ1v) is 8.00. The Hall–Kier alpha value is -1.48. The molecule has 1 aromatic carbocycles. The van der Waals surface area contributed by atoms with Gasteiger partial charge in [0.1, 0.15) is 0 Å². The van der Waals surface area contributed by atoms with Crippen LogP contribution in [0, 0.1) is 0 Å². The Labute approximate surface area is 122 Å². The van der Waals surface area contributed by atoms with Crippen LogP contribution in [0.25, 0.3) is 0 Å². The van der Waals surface area contributed by atoms with E-state index < -0.39 is 22.2 Å². The normalized spacial score (nSPS) is 26.4. The van der Waals surface area contributed by atoms with Gasteiger partial charge in [0.2, 0.25) is 15.9 Å². The Kier molecular flexibility index (Phi) is 3.28. The van der Waals surface area contributed by atoms with Gasteiger partial charge in [-0.25, -0.2) is 8.42 Å². The van der Waals surface area contributed by atoms with Gasteiger partial charge >= 0.3 is 0 Å². The molecular formula is C13H16N2O5S. The number of hydrogen-bond acceptors (Lipinski definition) is 5. The number of carbonyl (C=O) groups is 1. The highest BCUT2D eigenvalue weighted by atomic mass is 32.2. The van der Waals surface area contributed by atoms with E-state index in [0.717, 1.165) is 4.31 Å². The van der Waals surface area contributed by atoms with Crippen molar-refractivity contribution in [1.29, 1.82) is 0 Å². The standard InChI is InChI=1S/C13H16N2O5S/c1-14-10-3-2-9(4-8(10)5-13(14)18)21(19,20)15-6-11(16)12(17)7-15/h2-4,11-12,16-17H,5-7H2,1H3. The first kappa shape index (κ1) is 14.5. The molecule has 0 saturated carbocycles. The minimum atomic E-state index is -3.78. The Bertz CT molecular complexity index is 693. The molecule has 1 aromatic rings. The summed E-state index contributed by atoms with van der Waals surface area (Å²) in [7, 11) is -2.13. The number of nitrogens with zero attached hydrogens (tertiary/aromatic N) is 2. The lowest BCUT2D eigenvalue weighted by atomic mass is 10.2. The molecular weight excluding hydrogens is 296 g/mol. The average Bonchev–Trinajstić information content (AvgIpc) is 2.91. The van der Waals surface area contributed by atoms with E-state index in [1.165, 1.54) is 17.0 Å². The highest BCUT2D eigenvalue weighted by molar-refractivity contribution is 7.89. The van der Waals surface area contributed by atoms with E-state index in [0.29, 0.717) is 11.3 Å². The number of rotatable bonds is 2. The molecule has 3 rings (SSSR count). The average molecular weight is 312 g/mol. The Balaban J connectivity index is 1.95. The Morgan fingerprint density at radius 3 is 2.43 bits per heavy atom. The van der Waals surface area contributed by atoms with Crippen molar-refractivity contribution in [3.63, 3.8) is 0 Å². The van der Waals surface area contributed by atoms with Crippen LogP contribution >= 0.6 is 0 Å². The van der Waals surface area contributed by atoms with Crippen LogP contribution in [0.1, 0.15) is 5.56 Å². The molecule has 1 saturated heterocycles. The maximum Gasteiger partial charge on any atom is 0.243 e. The summed E-state index contributed by atoms with van der Waals surface area (Å²) in [6.07, 6.45) is -1.95. The van der Waals surface area contributed by atoms with Gasteiger partial charge in [-0.15, -0.1) is 0 Å². The molecule has 8 heteroatoms. The number of amides is 1. The first-order valence-electron chi connectivity index (χ1n) is 6.56. The molecule has 0 aliphatic carbocycles. The topological polar surface area (TPSA) is 98.2 Å². The van der Waals surface area contributed by atoms with Crippen LogP contribution < -0.4 is 4.90 Å². The SMILES string of the molecule is CN1C(=O)Cc2cc(S(=O)(=O)N3CC(O)C(O)C3)ccc21. The number of hydrogen-bond donors (Lipinski definition) is 2. The fourth-order valence-corrected chi connectivity index (χ4v) is 4.21. The van der Waals surface area contributed by atoms with Gasteiger partial charge in [0, 0.05) is 25.8 Å². The number of likely N-dealkylation sites (N-methyl/N-ethyl adjacent to an activating group) is 1. The molecule has 2 aliphatic rings. The predicted molar refractivity (Wildman–Crippen MR) is 74.3 cm³/mol. The zero-order valence-corrected chi connectivity index (χ0v) is 12.2. The molecule has 7 nitrogen and oxygen atoms in total. The van der Waals surface area contributed by atoms with Crippen LogP contribution in [0.15, 0.2) is 23.1 Å². The molecule has 0 aromatic heterocycles. The number of anilines is 1.